The topological polar surface area (TPSA) is 113 Å². The number of hydrogen-bond donors (Lipinski definition) is 3. The van der Waals surface area contributed by atoms with E-state index >= 15 is 0 Å². The third-order valence-corrected chi connectivity index (χ3v) is 2.60. The Morgan fingerprint density at radius 1 is 1.12 bits per heavy atom. The minimum Gasteiger partial charge on any atom is -0.508 e. The highest BCUT2D eigenvalue weighted by molar-refractivity contribution is 5.89. The number of carboxylic acids is 1. The first-order valence-corrected chi connectivity index (χ1v) is 6.83. The van der Waals surface area contributed by atoms with Crippen LogP contribution in [0.2, 0.25) is 0 Å². The number of hydrogen-bond acceptors (Lipinski definition) is 5. The summed E-state index contributed by atoms with van der Waals surface area (Å²) < 4.78 is 5.12. The van der Waals surface area contributed by atoms with Crippen molar-refractivity contribution < 1.29 is 29.3 Å². The molecule has 0 unspecified atom stereocenters. The predicted molar refractivity (Wildman–Crippen MR) is 84.2 cm³/mol. The molecule has 2 rings (SSSR count). The number of phenols is 1. The Morgan fingerprint density at radius 3 is 2.25 bits per heavy atom. The van der Waals surface area contributed by atoms with Crippen LogP contribution in [0.1, 0.15) is 15.9 Å². The van der Waals surface area contributed by atoms with Gasteiger partial charge in [0.1, 0.15) is 18.9 Å². The quantitative estimate of drug-likeness (QED) is 0.544. The monoisotopic (exact) mass is 330 g/mol. The van der Waals surface area contributed by atoms with Gasteiger partial charge in [-0.05, 0) is 35.9 Å². The van der Waals surface area contributed by atoms with Gasteiger partial charge in [0, 0.05) is 0 Å². The van der Waals surface area contributed by atoms with Crippen molar-refractivity contribution in [2.45, 2.75) is 6.61 Å². The maximum Gasteiger partial charge on any atom is 0.338 e. The van der Waals surface area contributed by atoms with E-state index in [0.29, 0.717) is 12.0 Å². The number of phenolic OH excluding ortho intramolecular Hbond substituents is 1. The summed E-state index contributed by atoms with van der Waals surface area (Å²) in [7, 11) is 0. The molecule has 0 fully saturated rings. The Hall–Kier alpha value is -3.35. The lowest BCUT2D eigenvalue weighted by molar-refractivity contribution is -0.136. The maximum absolute atomic E-state index is 11.6. The smallest absolute Gasteiger partial charge is 0.338 e. The summed E-state index contributed by atoms with van der Waals surface area (Å²) >= 11 is 0. The molecule has 0 aromatic heterocycles. The second-order valence-electron chi connectivity index (χ2n) is 4.42. The molecule has 7 heteroatoms. The number of benzene rings is 2. The predicted octanol–water partition coefficient (Wildman–Crippen LogP) is 1.37. The lowest BCUT2D eigenvalue weighted by atomic mass is 10.2. The van der Waals surface area contributed by atoms with Gasteiger partial charge < -0.3 is 20.3 Å². The van der Waals surface area contributed by atoms with Gasteiger partial charge in [0.05, 0.1) is 5.56 Å². The summed E-state index contributed by atoms with van der Waals surface area (Å²) in [5.74, 6) is -1.21. The molecule has 3 N–H and O–H groups in total. The second kappa shape index (κ2) is 10.4. The fourth-order valence-electron chi connectivity index (χ4n) is 1.48. The van der Waals surface area contributed by atoms with E-state index in [2.05, 4.69) is 6.07 Å². The number of carbonyl (C=O) groups excluding carboxylic acids is 2. The number of esters is 1. The fraction of sp³-hybridized carbons (Fsp3) is 0.118. The first kappa shape index (κ1) is 18.7. The fourth-order valence-corrected chi connectivity index (χ4v) is 1.48. The van der Waals surface area contributed by atoms with Crippen molar-refractivity contribution in [1.82, 2.24) is 5.32 Å². The average molecular weight is 330 g/mol. The number of rotatable bonds is 6. The van der Waals surface area contributed by atoms with Crippen molar-refractivity contribution >= 4 is 18.3 Å². The van der Waals surface area contributed by atoms with Crippen LogP contribution in [0.4, 0.5) is 0 Å². The average Bonchev–Trinajstić information content (AvgIpc) is 2.60. The first-order valence-electron chi connectivity index (χ1n) is 6.83. The largest absolute Gasteiger partial charge is 0.508 e. The van der Waals surface area contributed by atoms with Crippen LogP contribution in [-0.4, -0.2) is 35.1 Å². The second-order valence-corrected chi connectivity index (χ2v) is 4.42. The Balaban J connectivity index is 0.000000351. The Bertz CT molecular complexity index is 655. The number of carboxylic acid groups (broad SMARTS) is 1. The van der Waals surface area contributed by atoms with Crippen LogP contribution in [-0.2, 0) is 20.9 Å². The molecule has 7 nitrogen and oxygen atoms in total. The molecule has 0 heterocycles. The molecule has 0 aliphatic heterocycles. The Morgan fingerprint density at radius 2 is 1.75 bits per heavy atom. The van der Waals surface area contributed by atoms with E-state index in [1.54, 1.807) is 48.5 Å². The number of aromatic hydroxyl groups is 1. The molecule has 125 valence electrons. The van der Waals surface area contributed by atoms with E-state index in [4.69, 9.17) is 14.9 Å². The van der Waals surface area contributed by atoms with Gasteiger partial charge in [0.2, 0.25) is 6.41 Å². The van der Waals surface area contributed by atoms with Gasteiger partial charge in [0.25, 0.3) is 0 Å². The summed E-state index contributed by atoms with van der Waals surface area (Å²) in [6, 6.07) is 16.0. The molecule has 0 spiro atoms. The number of aliphatic carboxylic acids is 1. The van der Waals surface area contributed by atoms with E-state index in [1.807, 2.05) is 5.32 Å². The van der Waals surface area contributed by atoms with Gasteiger partial charge >= 0.3 is 11.9 Å². The molecule has 2 aromatic carbocycles. The molecule has 0 atom stereocenters. The highest BCUT2D eigenvalue weighted by Gasteiger charge is 2.05. The zero-order chi connectivity index (χ0) is 17.8. The molecule has 2 aromatic rings. The van der Waals surface area contributed by atoms with Crippen LogP contribution in [0.15, 0.2) is 48.5 Å². The standard InChI is InChI=1S/C14H11O3.C3H5NO3/c15-13-8-6-11(7-9-13)10-17-14(16)12-4-2-1-3-5-12;5-2-4-1-3(6)7/h2-9,15H,10H2;2H,1H2,(H,4,5)(H,6,7). The van der Waals surface area contributed by atoms with Gasteiger partial charge in [-0.2, -0.15) is 0 Å². The van der Waals surface area contributed by atoms with E-state index < -0.39 is 5.97 Å². The van der Waals surface area contributed by atoms with Crippen molar-refractivity contribution in [2.75, 3.05) is 6.54 Å². The number of nitrogens with one attached hydrogen (secondary N) is 1. The number of carbonyl (C=O) groups is 3. The molecular weight excluding hydrogens is 314 g/mol. The molecule has 24 heavy (non-hydrogen) atoms. The minimum absolute atomic E-state index is 0.192. The summed E-state index contributed by atoms with van der Waals surface area (Å²) in [5, 5.41) is 18.9. The van der Waals surface area contributed by atoms with E-state index in [1.165, 1.54) is 0 Å². The lowest BCUT2D eigenvalue weighted by Crippen LogP contribution is -2.20. The lowest BCUT2D eigenvalue weighted by Gasteiger charge is -2.04. The van der Waals surface area contributed by atoms with E-state index in [0.717, 1.165) is 5.56 Å². The highest BCUT2D eigenvalue weighted by Crippen LogP contribution is 2.11. The number of amides is 1. The van der Waals surface area contributed by atoms with Gasteiger partial charge in [-0.3, -0.25) is 9.59 Å². The SMILES string of the molecule is O=C(OCc1ccc(O)cc1)c1cc[c]cc1.O=CNCC(=O)O. The van der Waals surface area contributed by atoms with Gasteiger partial charge in [-0.25, -0.2) is 4.79 Å². The zero-order valence-corrected chi connectivity index (χ0v) is 12.6. The molecular formula is C17H16NO6. The maximum atomic E-state index is 11.6. The highest BCUT2D eigenvalue weighted by atomic mass is 16.5. The van der Waals surface area contributed by atoms with Crippen molar-refractivity contribution in [3.8, 4) is 5.75 Å². The molecule has 1 amide bonds. The van der Waals surface area contributed by atoms with Gasteiger partial charge in [-0.1, -0.05) is 24.3 Å². The van der Waals surface area contributed by atoms with Crippen LogP contribution in [0, 0.1) is 6.07 Å². The third kappa shape index (κ3) is 7.60. The molecule has 1 radical (unpaired) electrons. The molecule has 0 saturated carbocycles. The third-order valence-electron chi connectivity index (χ3n) is 2.60. The molecule has 0 bridgehead atoms. The van der Waals surface area contributed by atoms with Crippen LogP contribution in [0.3, 0.4) is 0 Å². The summed E-state index contributed by atoms with van der Waals surface area (Å²) in [6.45, 7) is -0.110. The number of ether oxygens (including phenoxy) is 1. The van der Waals surface area contributed by atoms with Gasteiger partial charge in [0.15, 0.2) is 0 Å². The van der Waals surface area contributed by atoms with Crippen LogP contribution < -0.4 is 5.32 Å². The van der Waals surface area contributed by atoms with Gasteiger partial charge in [-0.15, -0.1) is 0 Å². The van der Waals surface area contributed by atoms with Crippen LogP contribution in [0.5, 0.6) is 5.75 Å². The first-order chi connectivity index (χ1) is 11.5. The van der Waals surface area contributed by atoms with Crippen molar-refractivity contribution in [1.29, 1.82) is 0 Å². The van der Waals surface area contributed by atoms with Crippen molar-refractivity contribution in [3.63, 3.8) is 0 Å². The molecule has 0 saturated heterocycles. The normalized spacial score (nSPS) is 9.17. The van der Waals surface area contributed by atoms with E-state index in [9.17, 15) is 14.4 Å². The summed E-state index contributed by atoms with van der Waals surface area (Å²) in [5.41, 5.74) is 1.33. The minimum atomic E-state index is -1.04. The Kier molecular flexibility index (Phi) is 8.09. The van der Waals surface area contributed by atoms with E-state index in [-0.39, 0.29) is 24.9 Å². The van der Waals surface area contributed by atoms with Crippen LogP contribution >= 0.6 is 0 Å². The molecule has 0 aliphatic rings. The summed E-state index contributed by atoms with van der Waals surface area (Å²) in [6.07, 6.45) is 0.341. The Labute approximate surface area is 138 Å². The van der Waals surface area contributed by atoms with Crippen molar-refractivity contribution in [3.05, 3.63) is 65.7 Å². The van der Waals surface area contributed by atoms with Crippen molar-refractivity contribution in [2.24, 2.45) is 0 Å². The summed E-state index contributed by atoms with van der Waals surface area (Å²) in [4.78, 5) is 30.5. The zero-order valence-electron chi connectivity index (χ0n) is 12.6. The van der Waals surface area contributed by atoms with Crippen LogP contribution in [0.25, 0.3) is 0 Å². The molecule has 0 aliphatic carbocycles.